The summed E-state index contributed by atoms with van der Waals surface area (Å²) in [4.78, 5) is 31.2. The van der Waals surface area contributed by atoms with Crippen molar-refractivity contribution in [1.29, 1.82) is 0 Å². The zero-order valence-electron chi connectivity index (χ0n) is 19.0. The number of hydrogen-bond acceptors (Lipinski definition) is 7. The SMILES string of the molecule is CC(=O)[OH2+].[Ni+2].[OH+]=C([N-]N=Cc1ccsc1)c1ccncc1.[OH-].c1cnc2c(c1)ccc1cccnc12. The Hall–Kier alpha value is -4.05. The number of aromatic nitrogens is 3. The van der Waals surface area contributed by atoms with Crippen molar-refractivity contribution < 1.29 is 36.7 Å². The molecule has 4 heterocycles. The fourth-order valence-corrected chi connectivity index (χ4v) is 3.35. The number of amides is 1. The van der Waals surface area contributed by atoms with Crippen molar-refractivity contribution in [3.63, 3.8) is 0 Å². The molecule has 1 aromatic carbocycles. The Labute approximate surface area is 221 Å². The Morgan fingerprint density at radius 2 is 1.53 bits per heavy atom. The number of carbonyl (C=O) groups excluding carboxylic acids is 2. The first-order valence-corrected chi connectivity index (χ1v) is 11.0. The molecule has 5 aromatic rings. The molecule has 0 aliphatic carbocycles. The van der Waals surface area contributed by atoms with Crippen molar-refractivity contribution >= 4 is 51.2 Å². The summed E-state index contributed by atoms with van der Waals surface area (Å²) in [6, 6.07) is 17.4. The molecule has 0 saturated carbocycles. The first kappa shape index (κ1) is 30.0. The molecule has 1 amide bonds. The Morgan fingerprint density at radius 1 is 0.972 bits per heavy atom. The van der Waals surface area contributed by atoms with Crippen LogP contribution in [0.1, 0.15) is 18.1 Å². The summed E-state index contributed by atoms with van der Waals surface area (Å²) in [6.07, 6.45) is 8.37. The van der Waals surface area contributed by atoms with E-state index >= 15 is 0 Å². The molecule has 4 N–H and O–H groups in total. The van der Waals surface area contributed by atoms with Crippen LogP contribution in [-0.2, 0) is 21.3 Å². The molecule has 36 heavy (non-hydrogen) atoms. The summed E-state index contributed by atoms with van der Waals surface area (Å²) < 4.78 is 0. The molecule has 0 aliphatic heterocycles. The van der Waals surface area contributed by atoms with Gasteiger partial charge in [-0.05, 0) is 41.1 Å². The van der Waals surface area contributed by atoms with E-state index in [0.717, 1.165) is 27.4 Å². The minimum atomic E-state index is -0.583. The van der Waals surface area contributed by atoms with Crippen molar-refractivity contribution in [2.24, 2.45) is 5.10 Å². The molecule has 5 rings (SSSR count). The van der Waals surface area contributed by atoms with Gasteiger partial charge in [0, 0.05) is 52.1 Å². The number of carbonyl (C=O) groups is 1. The predicted molar refractivity (Wildman–Crippen MR) is 139 cm³/mol. The van der Waals surface area contributed by atoms with E-state index in [4.69, 9.17) is 9.90 Å². The first-order chi connectivity index (χ1) is 16.5. The maximum absolute atomic E-state index is 9.56. The zero-order chi connectivity index (χ0) is 24.2. The zero-order valence-corrected chi connectivity index (χ0v) is 20.8. The second-order valence-electron chi connectivity index (χ2n) is 6.73. The molecule has 0 atom stereocenters. The number of rotatable bonds is 3. The first-order valence-electron chi connectivity index (χ1n) is 10.1. The molecule has 0 spiro atoms. The van der Waals surface area contributed by atoms with E-state index in [-0.39, 0.29) is 27.9 Å². The van der Waals surface area contributed by atoms with E-state index in [9.17, 15) is 4.79 Å². The molecule has 4 aromatic heterocycles. The molecule has 9 nitrogen and oxygen atoms in total. The second-order valence-corrected chi connectivity index (χ2v) is 7.51. The Kier molecular flexibility index (Phi) is 13.1. The van der Waals surface area contributed by atoms with Gasteiger partial charge in [0.05, 0.1) is 23.5 Å². The Bertz CT molecular complexity index is 1340. The summed E-state index contributed by atoms with van der Waals surface area (Å²) in [5, 5.41) is 15.9. The van der Waals surface area contributed by atoms with Gasteiger partial charge in [-0.1, -0.05) is 24.3 Å². The Balaban J connectivity index is 0.000000301. The summed E-state index contributed by atoms with van der Waals surface area (Å²) in [6.45, 7) is 1.19. The molecule has 186 valence electrons. The smallest absolute Gasteiger partial charge is 0.870 e. The largest absolute Gasteiger partial charge is 2.00 e. The van der Waals surface area contributed by atoms with Crippen LogP contribution in [-0.4, -0.2) is 48.4 Å². The number of thiophene rings is 1. The van der Waals surface area contributed by atoms with E-state index in [0.29, 0.717) is 5.56 Å². The Morgan fingerprint density at radius 3 is 2.03 bits per heavy atom. The van der Waals surface area contributed by atoms with Gasteiger partial charge in [0.15, 0.2) is 0 Å². The van der Waals surface area contributed by atoms with E-state index < -0.39 is 5.97 Å². The van der Waals surface area contributed by atoms with Gasteiger partial charge in [-0.15, -0.1) is 0 Å². The van der Waals surface area contributed by atoms with Crippen LogP contribution in [0.3, 0.4) is 0 Å². The summed E-state index contributed by atoms with van der Waals surface area (Å²) >= 11 is 1.58. The average Bonchev–Trinajstić information content (AvgIpc) is 3.38. The minimum absolute atomic E-state index is 0. The van der Waals surface area contributed by atoms with Crippen molar-refractivity contribution in [2.45, 2.75) is 6.92 Å². The number of benzene rings is 1. The van der Waals surface area contributed by atoms with Gasteiger partial charge in [-0.2, -0.15) is 11.3 Å². The normalized spacial score (nSPS) is 9.58. The molecular formula is C25H23N5NiO4S+2. The van der Waals surface area contributed by atoms with Crippen molar-refractivity contribution in [3.05, 3.63) is 107 Å². The van der Waals surface area contributed by atoms with Crippen LogP contribution in [0.2, 0.25) is 0 Å². The third kappa shape index (κ3) is 9.30. The molecule has 0 saturated heterocycles. The van der Waals surface area contributed by atoms with Crippen LogP contribution in [0, 0.1) is 0 Å². The van der Waals surface area contributed by atoms with E-state index in [1.165, 1.54) is 6.92 Å². The fraction of sp³-hybridized carbons (Fsp3) is 0.0400. The van der Waals surface area contributed by atoms with Crippen LogP contribution in [0.4, 0.5) is 0 Å². The van der Waals surface area contributed by atoms with Gasteiger partial charge in [-0.3, -0.25) is 19.7 Å². The van der Waals surface area contributed by atoms with Crippen LogP contribution in [0.5, 0.6) is 0 Å². The number of fused-ring (bicyclic) bond motifs is 3. The van der Waals surface area contributed by atoms with Gasteiger partial charge in [0.2, 0.25) is 0 Å². The quantitative estimate of drug-likeness (QED) is 0.108. The fourth-order valence-electron chi connectivity index (χ4n) is 2.74. The van der Waals surface area contributed by atoms with Crippen LogP contribution >= 0.6 is 11.3 Å². The van der Waals surface area contributed by atoms with Crippen LogP contribution < -0.4 is 0 Å². The topological polar surface area (TPSA) is 156 Å². The van der Waals surface area contributed by atoms with Crippen molar-refractivity contribution in [3.8, 4) is 0 Å². The summed E-state index contributed by atoms with van der Waals surface area (Å²) in [7, 11) is 0. The second kappa shape index (κ2) is 15.8. The number of hydrogen-bond donors (Lipinski definition) is 0. The minimum Gasteiger partial charge on any atom is -0.870 e. The molecule has 0 unspecified atom stereocenters. The summed E-state index contributed by atoms with van der Waals surface area (Å²) in [5.41, 5.74) is 7.21. The van der Waals surface area contributed by atoms with E-state index in [1.807, 2.05) is 29.0 Å². The van der Waals surface area contributed by atoms with E-state index in [2.05, 4.69) is 49.7 Å². The van der Waals surface area contributed by atoms with Gasteiger partial charge in [0.25, 0.3) is 5.91 Å². The van der Waals surface area contributed by atoms with Crippen molar-refractivity contribution in [1.82, 2.24) is 15.0 Å². The molecular weight excluding hydrogens is 525 g/mol. The molecule has 0 fully saturated rings. The van der Waals surface area contributed by atoms with Crippen LogP contribution in [0.15, 0.2) is 95.2 Å². The molecule has 11 heteroatoms. The van der Waals surface area contributed by atoms with E-state index in [1.54, 1.807) is 54.5 Å². The van der Waals surface area contributed by atoms with Gasteiger partial charge in [0.1, 0.15) is 0 Å². The van der Waals surface area contributed by atoms with Crippen LogP contribution in [0.25, 0.3) is 27.2 Å². The standard InChI is InChI=1S/C12H8N2.C11H9N3OS.C2H4O2.Ni.H2O/c1-3-9-5-6-10-4-2-8-14-12(10)11(9)13-7-1;15-11(10-1-4-12-5-2-10)14-13-7-9-3-6-16-8-9;1-2(3)4;;/h1-8H;1-8H,(H,14,15);1H3,(H,3,4);;1H2/q;;;+2;. The molecule has 0 radical (unpaired) electrons. The molecule has 0 aliphatic rings. The predicted octanol–water partition coefficient (Wildman–Crippen LogP) is 4.26. The van der Waals surface area contributed by atoms with Gasteiger partial charge >= 0.3 is 22.5 Å². The van der Waals surface area contributed by atoms with Gasteiger partial charge < -0.3 is 21.1 Å². The maximum atomic E-state index is 9.56. The third-order valence-corrected chi connectivity index (χ3v) is 4.89. The monoisotopic (exact) mass is 547 g/mol. The summed E-state index contributed by atoms with van der Waals surface area (Å²) in [5.74, 6) is -0.700. The average molecular weight is 548 g/mol. The number of pyridine rings is 3. The number of nitrogens with zero attached hydrogens (tertiary/aromatic N) is 5. The maximum Gasteiger partial charge on any atom is 2.00 e. The molecule has 0 bridgehead atoms. The van der Waals surface area contributed by atoms with Gasteiger partial charge in [-0.25, -0.2) is 0 Å². The third-order valence-electron chi connectivity index (χ3n) is 4.19. The van der Waals surface area contributed by atoms with Crippen molar-refractivity contribution in [2.75, 3.05) is 0 Å².